The fourth-order valence-electron chi connectivity index (χ4n) is 1.78. The Labute approximate surface area is 89.1 Å². The Balaban J connectivity index is 2.37. The van der Waals surface area contributed by atoms with Gasteiger partial charge < -0.3 is 4.90 Å². The molecule has 0 N–H and O–H groups in total. The molecule has 5 nitrogen and oxygen atoms in total. The first-order valence-corrected chi connectivity index (χ1v) is 5.46. The summed E-state index contributed by atoms with van der Waals surface area (Å²) in [5.41, 5.74) is 0. The minimum atomic E-state index is 0.441. The molecule has 1 aliphatic rings. The van der Waals surface area contributed by atoms with E-state index >= 15 is 0 Å². The minimum absolute atomic E-state index is 0.441. The van der Waals surface area contributed by atoms with E-state index in [0.29, 0.717) is 11.9 Å². The molecule has 1 aliphatic carbocycles. The summed E-state index contributed by atoms with van der Waals surface area (Å²) in [6, 6.07) is 0.441. The van der Waals surface area contributed by atoms with Gasteiger partial charge in [-0.05, 0) is 26.7 Å². The summed E-state index contributed by atoms with van der Waals surface area (Å²) in [5, 5.41) is 8.01. The first-order chi connectivity index (χ1) is 7.31. The third kappa shape index (κ3) is 1.73. The number of rotatable bonds is 5. The van der Waals surface area contributed by atoms with Crippen molar-refractivity contribution in [3.05, 3.63) is 5.82 Å². The van der Waals surface area contributed by atoms with Gasteiger partial charge in [-0.1, -0.05) is 0 Å². The first kappa shape index (κ1) is 10.1. The van der Waals surface area contributed by atoms with Crippen LogP contribution in [0.25, 0.3) is 0 Å². The van der Waals surface area contributed by atoms with Crippen molar-refractivity contribution in [2.24, 2.45) is 0 Å². The summed E-state index contributed by atoms with van der Waals surface area (Å²) in [7, 11) is 0. The Hall–Kier alpha value is -1.39. The lowest BCUT2D eigenvalue weighted by Gasteiger charge is -2.20. The lowest BCUT2D eigenvalue weighted by Crippen LogP contribution is -2.25. The maximum Gasteiger partial charge on any atom is 0.227 e. The van der Waals surface area contributed by atoms with Crippen LogP contribution in [-0.2, 0) is 0 Å². The van der Waals surface area contributed by atoms with E-state index < -0.39 is 0 Å². The Morgan fingerprint density at radius 2 is 2.07 bits per heavy atom. The predicted molar refractivity (Wildman–Crippen MR) is 57.2 cm³/mol. The van der Waals surface area contributed by atoms with Gasteiger partial charge in [0.15, 0.2) is 12.1 Å². The first-order valence-electron chi connectivity index (χ1n) is 5.46. The van der Waals surface area contributed by atoms with Crippen molar-refractivity contribution in [2.75, 3.05) is 18.0 Å². The molecular formula is C10H16N4O. The number of carbonyl (C=O) groups excluding carboxylic acids is 1. The monoisotopic (exact) mass is 208 g/mol. The molecule has 0 radical (unpaired) electrons. The predicted octanol–water partition coefficient (Wildman–Crippen LogP) is 1.27. The fourth-order valence-corrected chi connectivity index (χ4v) is 1.78. The van der Waals surface area contributed by atoms with Crippen LogP contribution >= 0.6 is 0 Å². The summed E-state index contributed by atoms with van der Waals surface area (Å²) in [4.78, 5) is 13.0. The highest BCUT2D eigenvalue weighted by Crippen LogP contribution is 2.38. The number of anilines is 1. The van der Waals surface area contributed by atoms with Crippen molar-refractivity contribution in [3.8, 4) is 0 Å². The number of hydrogen-bond acceptors (Lipinski definition) is 4. The second kappa shape index (κ2) is 4.00. The molecule has 0 atom stereocenters. The van der Waals surface area contributed by atoms with Crippen LogP contribution in [0, 0.1) is 0 Å². The molecule has 1 fully saturated rings. The quantitative estimate of drug-likeness (QED) is 0.684. The third-order valence-corrected chi connectivity index (χ3v) is 2.77. The standard InChI is InChI=1S/C10H16N4O/c1-3-13(4-2)10-12-11-9(7-15)14(10)8-5-6-8/h7-8H,3-6H2,1-2H3. The van der Waals surface area contributed by atoms with E-state index in [9.17, 15) is 4.79 Å². The summed E-state index contributed by atoms with van der Waals surface area (Å²) in [5.74, 6) is 1.30. The van der Waals surface area contributed by atoms with Crippen LogP contribution in [0.3, 0.4) is 0 Å². The number of hydrogen-bond donors (Lipinski definition) is 0. The Morgan fingerprint density at radius 1 is 1.40 bits per heavy atom. The zero-order valence-corrected chi connectivity index (χ0v) is 9.18. The molecule has 0 unspecified atom stereocenters. The van der Waals surface area contributed by atoms with E-state index in [1.807, 2.05) is 4.57 Å². The molecule has 1 aromatic rings. The molecule has 0 bridgehead atoms. The lowest BCUT2D eigenvalue weighted by atomic mass is 10.5. The number of aromatic nitrogens is 3. The second-order valence-corrected chi connectivity index (χ2v) is 3.75. The van der Waals surface area contributed by atoms with Gasteiger partial charge in [-0.3, -0.25) is 9.36 Å². The van der Waals surface area contributed by atoms with Gasteiger partial charge in [0.25, 0.3) is 0 Å². The molecule has 0 amide bonds. The summed E-state index contributed by atoms with van der Waals surface area (Å²) < 4.78 is 1.97. The highest BCUT2D eigenvalue weighted by molar-refractivity contribution is 5.70. The molecule has 15 heavy (non-hydrogen) atoms. The van der Waals surface area contributed by atoms with E-state index in [2.05, 4.69) is 28.9 Å². The summed E-state index contributed by atoms with van der Waals surface area (Å²) >= 11 is 0. The van der Waals surface area contributed by atoms with Crippen molar-refractivity contribution in [1.29, 1.82) is 0 Å². The van der Waals surface area contributed by atoms with Gasteiger partial charge in [0.05, 0.1) is 0 Å². The molecular weight excluding hydrogens is 192 g/mol. The van der Waals surface area contributed by atoms with Gasteiger partial charge in [-0.25, -0.2) is 0 Å². The topological polar surface area (TPSA) is 51.0 Å². The largest absolute Gasteiger partial charge is 0.341 e. The minimum Gasteiger partial charge on any atom is -0.341 e. The normalized spacial score (nSPS) is 15.3. The van der Waals surface area contributed by atoms with E-state index in [1.165, 1.54) is 0 Å². The van der Waals surface area contributed by atoms with Crippen LogP contribution in [0.2, 0.25) is 0 Å². The fraction of sp³-hybridized carbons (Fsp3) is 0.700. The smallest absolute Gasteiger partial charge is 0.227 e. The molecule has 82 valence electrons. The van der Waals surface area contributed by atoms with Crippen LogP contribution in [0.4, 0.5) is 5.95 Å². The second-order valence-electron chi connectivity index (χ2n) is 3.75. The van der Waals surface area contributed by atoms with Crippen molar-refractivity contribution >= 4 is 12.2 Å². The summed E-state index contributed by atoms with van der Waals surface area (Å²) in [6.07, 6.45) is 3.05. The van der Waals surface area contributed by atoms with Gasteiger partial charge in [-0.15, -0.1) is 10.2 Å². The third-order valence-electron chi connectivity index (χ3n) is 2.77. The van der Waals surface area contributed by atoms with Gasteiger partial charge in [0.1, 0.15) is 0 Å². The lowest BCUT2D eigenvalue weighted by molar-refractivity contribution is 0.111. The molecule has 1 aromatic heterocycles. The van der Waals surface area contributed by atoms with Crippen LogP contribution in [-0.4, -0.2) is 34.1 Å². The Bertz CT molecular complexity index is 352. The Morgan fingerprint density at radius 3 is 2.53 bits per heavy atom. The van der Waals surface area contributed by atoms with Crippen LogP contribution < -0.4 is 4.90 Å². The van der Waals surface area contributed by atoms with Crippen LogP contribution in [0.15, 0.2) is 0 Å². The molecule has 0 aromatic carbocycles. The number of aldehydes is 1. The zero-order chi connectivity index (χ0) is 10.8. The van der Waals surface area contributed by atoms with E-state index in [4.69, 9.17) is 0 Å². The molecule has 5 heteroatoms. The van der Waals surface area contributed by atoms with Gasteiger partial charge in [0, 0.05) is 19.1 Å². The van der Waals surface area contributed by atoms with Crippen LogP contribution in [0.5, 0.6) is 0 Å². The van der Waals surface area contributed by atoms with Crippen molar-refractivity contribution < 1.29 is 4.79 Å². The summed E-state index contributed by atoms with van der Waals surface area (Å²) in [6.45, 7) is 5.94. The van der Waals surface area contributed by atoms with Crippen LogP contribution in [0.1, 0.15) is 43.3 Å². The van der Waals surface area contributed by atoms with Crippen molar-refractivity contribution in [3.63, 3.8) is 0 Å². The molecule has 0 aliphatic heterocycles. The molecule has 1 heterocycles. The highest BCUT2D eigenvalue weighted by atomic mass is 16.1. The molecule has 1 saturated carbocycles. The number of carbonyl (C=O) groups is 1. The maximum absolute atomic E-state index is 10.8. The average Bonchev–Trinajstić information content (AvgIpc) is 3.01. The van der Waals surface area contributed by atoms with Crippen molar-refractivity contribution in [1.82, 2.24) is 14.8 Å². The van der Waals surface area contributed by atoms with E-state index in [0.717, 1.165) is 38.2 Å². The van der Waals surface area contributed by atoms with Gasteiger partial charge >= 0.3 is 0 Å². The average molecular weight is 208 g/mol. The maximum atomic E-state index is 10.8. The molecule has 0 saturated heterocycles. The number of nitrogens with zero attached hydrogens (tertiary/aromatic N) is 4. The van der Waals surface area contributed by atoms with Gasteiger partial charge in [0.2, 0.25) is 5.95 Å². The van der Waals surface area contributed by atoms with E-state index in [-0.39, 0.29) is 0 Å². The highest BCUT2D eigenvalue weighted by Gasteiger charge is 2.30. The van der Waals surface area contributed by atoms with E-state index in [1.54, 1.807) is 0 Å². The molecule has 0 spiro atoms. The zero-order valence-electron chi connectivity index (χ0n) is 9.18. The molecule has 2 rings (SSSR count). The Kier molecular flexibility index (Phi) is 2.70. The van der Waals surface area contributed by atoms with Gasteiger partial charge in [-0.2, -0.15) is 0 Å². The SMILES string of the molecule is CCN(CC)c1nnc(C=O)n1C1CC1. The van der Waals surface area contributed by atoms with Crippen molar-refractivity contribution in [2.45, 2.75) is 32.7 Å².